The molecule has 0 saturated carbocycles. The van der Waals surface area contributed by atoms with Crippen LogP contribution in [0.4, 0.5) is 5.69 Å². The zero-order valence-electron chi connectivity index (χ0n) is 11.2. The molecule has 0 saturated heterocycles. The first-order valence-electron chi connectivity index (χ1n) is 6.19. The van der Waals surface area contributed by atoms with Crippen LogP contribution in [0.1, 0.15) is 32.4 Å². The molecule has 1 aromatic rings. The summed E-state index contributed by atoms with van der Waals surface area (Å²) in [6, 6.07) is 8.47. The van der Waals surface area contributed by atoms with Gasteiger partial charge in [-0.1, -0.05) is 6.07 Å². The molecule has 0 bridgehead atoms. The lowest BCUT2D eigenvalue weighted by atomic mass is 10.1. The van der Waals surface area contributed by atoms with Gasteiger partial charge in [0.2, 0.25) is 0 Å². The molecule has 1 aromatic carbocycles. The Balaban J connectivity index is 2.97. The van der Waals surface area contributed by atoms with Crippen molar-refractivity contribution in [1.29, 1.82) is 5.26 Å². The first-order valence-corrected chi connectivity index (χ1v) is 6.98. The van der Waals surface area contributed by atoms with Gasteiger partial charge in [0, 0.05) is 23.6 Å². The molecule has 0 radical (unpaired) electrons. The van der Waals surface area contributed by atoms with Gasteiger partial charge in [-0.15, -0.1) is 0 Å². The van der Waals surface area contributed by atoms with Crippen molar-refractivity contribution >= 4 is 21.6 Å². The van der Waals surface area contributed by atoms with E-state index in [2.05, 4.69) is 46.0 Å². The highest BCUT2D eigenvalue weighted by atomic mass is 79.9. The minimum Gasteiger partial charge on any atom is -0.370 e. The smallest absolute Gasteiger partial charge is 0.0671 e. The number of halogens is 1. The number of nitrogens with zero attached hydrogens (tertiary/aromatic N) is 2. The van der Waals surface area contributed by atoms with Crippen LogP contribution in [0.25, 0.3) is 0 Å². The van der Waals surface area contributed by atoms with Gasteiger partial charge in [0.1, 0.15) is 0 Å². The summed E-state index contributed by atoms with van der Waals surface area (Å²) in [4.78, 5) is 2.20. The van der Waals surface area contributed by atoms with Crippen molar-refractivity contribution in [2.24, 2.45) is 11.7 Å². The maximum absolute atomic E-state index is 8.91. The van der Waals surface area contributed by atoms with Crippen molar-refractivity contribution in [3.63, 3.8) is 0 Å². The molecule has 0 aliphatic carbocycles. The SMILES string of the molecule is CCN(CC(C)C#N)c1ccc(C(C)N)cc1Br. The van der Waals surface area contributed by atoms with E-state index in [4.69, 9.17) is 11.0 Å². The van der Waals surface area contributed by atoms with Gasteiger partial charge in [-0.05, 0) is 54.4 Å². The molecular weight excluding hydrogens is 290 g/mol. The highest BCUT2D eigenvalue weighted by Crippen LogP contribution is 2.29. The van der Waals surface area contributed by atoms with Gasteiger partial charge in [0.15, 0.2) is 0 Å². The zero-order valence-corrected chi connectivity index (χ0v) is 12.7. The predicted octanol–water partition coefficient (Wildman–Crippen LogP) is 3.45. The van der Waals surface area contributed by atoms with E-state index in [0.29, 0.717) is 0 Å². The zero-order chi connectivity index (χ0) is 13.7. The van der Waals surface area contributed by atoms with Crippen molar-refractivity contribution in [3.05, 3.63) is 28.2 Å². The average molecular weight is 310 g/mol. The van der Waals surface area contributed by atoms with Gasteiger partial charge in [-0.25, -0.2) is 0 Å². The maximum Gasteiger partial charge on any atom is 0.0671 e. The highest BCUT2D eigenvalue weighted by molar-refractivity contribution is 9.10. The summed E-state index contributed by atoms with van der Waals surface area (Å²) >= 11 is 3.59. The van der Waals surface area contributed by atoms with Gasteiger partial charge in [0.05, 0.1) is 17.7 Å². The first kappa shape index (κ1) is 15.0. The molecule has 0 aliphatic heterocycles. The largest absolute Gasteiger partial charge is 0.370 e. The molecule has 2 atom stereocenters. The third kappa shape index (κ3) is 3.72. The Bertz CT molecular complexity index is 437. The Labute approximate surface area is 118 Å². The molecule has 3 nitrogen and oxygen atoms in total. The Morgan fingerprint density at radius 2 is 2.11 bits per heavy atom. The first-order chi connectivity index (χ1) is 8.49. The second-order valence-corrected chi connectivity index (χ2v) is 5.42. The molecule has 0 fully saturated rings. The molecule has 98 valence electrons. The number of nitriles is 1. The molecule has 0 amide bonds. The van der Waals surface area contributed by atoms with Gasteiger partial charge >= 0.3 is 0 Å². The summed E-state index contributed by atoms with van der Waals surface area (Å²) in [7, 11) is 0. The standard InChI is InChI=1S/C14H20BrN3/c1-4-18(9-10(2)8-16)14-6-5-12(11(3)17)7-13(14)15/h5-7,10-11H,4,9,17H2,1-3H3. The summed E-state index contributed by atoms with van der Waals surface area (Å²) in [5.74, 6) is 0.0185. The Hall–Kier alpha value is -1.05. The van der Waals surface area contributed by atoms with Crippen LogP contribution < -0.4 is 10.6 Å². The van der Waals surface area contributed by atoms with Crippen molar-refractivity contribution < 1.29 is 0 Å². The molecule has 2 unspecified atom stereocenters. The second-order valence-electron chi connectivity index (χ2n) is 4.57. The summed E-state index contributed by atoms with van der Waals surface area (Å²) in [6.45, 7) is 7.62. The lowest BCUT2D eigenvalue weighted by Gasteiger charge is -2.26. The molecule has 0 heterocycles. The van der Waals surface area contributed by atoms with Crippen LogP contribution in [0, 0.1) is 17.2 Å². The van der Waals surface area contributed by atoms with E-state index in [0.717, 1.165) is 28.8 Å². The maximum atomic E-state index is 8.91. The Kier molecular flexibility index (Phi) is 5.64. The third-order valence-corrected chi connectivity index (χ3v) is 3.57. The van der Waals surface area contributed by atoms with Crippen molar-refractivity contribution in [2.45, 2.75) is 26.8 Å². The number of benzene rings is 1. The second kappa shape index (κ2) is 6.77. The van der Waals surface area contributed by atoms with Gasteiger partial charge in [-0.2, -0.15) is 5.26 Å². The van der Waals surface area contributed by atoms with Crippen molar-refractivity contribution in [2.75, 3.05) is 18.0 Å². The Morgan fingerprint density at radius 1 is 1.44 bits per heavy atom. The van der Waals surface area contributed by atoms with E-state index < -0.39 is 0 Å². The Morgan fingerprint density at radius 3 is 2.56 bits per heavy atom. The molecule has 1 rings (SSSR count). The molecule has 0 spiro atoms. The van der Waals surface area contributed by atoms with Gasteiger partial charge < -0.3 is 10.6 Å². The van der Waals surface area contributed by atoms with Crippen LogP contribution in [0.3, 0.4) is 0 Å². The fraction of sp³-hybridized carbons (Fsp3) is 0.500. The third-order valence-electron chi connectivity index (χ3n) is 2.93. The lowest BCUT2D eigenvalue weighted by Crippen LogP contribution is -2.28. The van der Waals surface area contributed by atoms with E-state index in [1.165, 1.54) is 0 Å². The number of nitrogens with two attached hydrogens (primary N) is 1. The average Bonchev–Trinajstić information content (AvgIpc) is 2.35. The summed E-state index contributed by atoms with van der Waals surface area (Å²) in [5.41, 5.74) is 8.09. The van der Waals surface area contributed by atoms with E-state index in [1.807, 2.05) is 19.9 Å². The topological polar surface area (TPSA) is 53.0 Å². The van der Waals surface area contributed by atoms with Crippen molar-refractivity contribution in [3.8, 4) is 6.07 Å². The molecule has 2 N–H and O–H groups in total. The molecule has 0 aliphatic rings. The van der Waals surface area contributed by atoms with Crippen LogP contribution in [-0.4, -0.2) is 13.1 Å². The molecule has 0 aromatic heterocycles. The molecule has 18 heavy (non-hydrogen) atoms. The summed E-state index contributed by atoms with van der Waals surface area (Å²) in [6.07, 6.45) is 0. The van der Waals surface area contributed by atoms with E-state index in [-0.39, 0.29) is 12.0 Å². The normalized spacial score (nSPS) is 13.8. The minimum atomic E-state index is 0.0185. The molecule has 4 heteroatoms. The van der Waals surface area contributed by atoms with Crippen molar-refractivity contribution in [1.82, 2.24) is 0 Å². The number of hydrogen-bond acceptors (Lipinski definition) is 3. The van der Waals surface area contributed by atoms with E-state index >= 15 is 0 Å². The van der Waals surface area contributed by atoms with E-state index in [1.54, 1.807) is 0 Å². The van der Waals surface area contributed by atoms with Crippen LogP contribution in [0.2, 0.25) is 0 Å². The number of anilines is 1. The van der Waals surface area contributed by atoms with Crippen LogP contribution in [-0.2, 0) is 0 Å². The van der Waals surface area contributed by atoms with Crippen LogP contribution >= 0.6 is 15.9 Å². The quantitative estimate of drug-likeness (QED) is 0.906. The lowest BCUT2D eigenvalue weighted by molar-refractivity contribution is 0.685. The van der Waals surface area contributed by atoms with Gasteiger partial charge in [-0.3, -0.25) is 0 Å². The predicted molar refractivity (Wildman–Crippen MR) is 79.4 cm³/mol. The fourth-order valence-electron chi connectivity index (χ4n) is 1.83. The monoisotopic (exact) mass is 309 g/mol. The minimum absolute atomic E-state index is 0.0185. The van der Waals surface area contributed by atoms with Crippen LogP contribution in [0.5, 0.6) is 0 Å². The highest BCUT2D eigenvalue weighted by Gasteiger charge is 2.13. The van der Waals surface area contributed by atoms with Gasteiger partial charge in [0.25, 0.3) is 0 Å². The number of rotatable bonds is 5. The summed E-state index contributed by atoms with van der Waals surface area (Å²) in [5, 5.41) is 8.91. The fourth-order valence-corrected chi connectivity index (χ4v) is 2.48. The van der Waals surface area contributed by atoms with E-state index in [9.17, 15) is 0 Å². The summed E-state index contributed by atoms with van der Waals surface area (Å²) < 4.78 is 1.03. The van der Waals surface area contributed by atoms with Crippen LogP contribution in [0.15, 0.2) is 22.7 Å². The number of hydrogen-bond donors (Lipinski definition) is 1. The molecular formula is C14H20BrN3.